The maximum atomic E-state index is 11.1. The molecular weight excluding hydrogens is 413 g/mol. The lowest BCUT2D eigenvalue weighted by molar-refractivity contribution is 0.111. The van der Waals surface area contributed by atoms with E-state index < -0.39 is 0 Å². The van der Waals surface area contributed by atoms with E-state index in [0.29, 0.717) is 33.2 Å². The molecule has 0 amide bonds. The third-order valence-electron chi connectivity index (χ3n) is 3.15. The first-order valence-electron chi connectivity index (χ1n) is 6.97. The SMILES string of the molecule is N#CCCOc1cc(C=Cc2cccc(Br)c2Cl)c(Cl)cc1C=O. The summed E-state index contributed by atoms with van der Waals surface area (Å²) in [4.78, 5) is 11.1. The highest BCUT2D eigenvalue weighted by atomic mass is 79.9. The van der Waals surface area contributed by atoms with Crippen molar-refractivity contribution in [3.8, 4) is 11.8 Å². The fourth-order valence-electron chi connectivity index (χ4n) is 1.96. The highest BCUT2D eigenvalue weighted by Crippen LogP contribution is 2.30. The predicted octanol–water partition coefficient (Wildman–Crippen LogP) is 6.03. The molecule has 122 valence electrons. The standard InChI is InChI=1S/C18H12BrCl2NO2/c19-15-4-1-3-12(18(15)21)5-6-13-10-17(24-8-2-7-22)14(11-23)9-16(13)20/h1,3-6,9-11H,2,8H2. The Bertz CT molecular complexity index is 828. The molecule has 6 heteroatoms. The molecule has 0 radical (unpaired) electrons. The second kappa shape index (κ2) is 8.89. The van der Waals surface area contributed by atoms with Gasteiger partial charge < -0.3 is 4.74 Å². The zero-order valence-electron chi connectivity index (χ0n) is 12.4. The molecule has 24 heavy (non-hydrogen) atoms. The van der Waals surface area contributed by atoms with Gasteiger partial charge in [-0.25, -0.2) is 0 Å². The van der Waals surface area contributed by atoms with Crippen LogP contribution >= 0.6 is 39.1 Å². The Morgan fingerprint density at radius 3 is 2.62 bits per heavy atom. The van der Waals surface area contributed by atoms with E-state index in [1.54, 1.807) is 18.2 Å². The molecule has 0 saturated heterocycles. The molecule has 0 heterocycles. The topological polar surface area (TPSA) is 50.1 Å². The van der Waals surface area contributed by atoms with E-state index >= 15 is 0 Å². The van der Waals surface area contributed by atoms with Crippen LogP contribution < -0.4 is 4.74 Å². The fourth-order valence-corrected chi connectivity index (χ4v) is 2.77. The Hall–Kier alpha value is -1.80. The average Bonchev–Trinajstić information content (AvgIpc) is 2.58. The highest BCUT2D eigenvalue weighted by molar-refractivity contribution is 9.10. The Balaban J connectivity index is 2.34. The molecule has 0 N–H and O–H groups in total. The molecule has 0 saturated carbocycles. The number of nitrogens with zero attached hydrogens (tertiary/aromatic N) is 1. The Labute approximate surface area is 158 Å². The van der Waals surface area contributed by atoms with Crippen molar-refractivity contribution in [1.82, 2.24) is 0 Å². The Morgan fingerprint density at radius 2 is 1.92 bits per heavy atom. The van der Waals surface area contributed by atoms with Crippen LogP contribution in [0.25, 0.3) is 12.2 Å². The number of hydrogen-bond acceptors (Lipinski definition) is 3. The van der Waals surface area contributed by atoms with Gasteiger partial charge in [-0.1, -0.05) is 47.5 Å². The number of ether oxygens (including phenoxy) is 1. The summed E-state index contributed by atoms with van der Waals surface area (Å²) in [5.41, 5.74) is 1.86. The van der Waals surface area contributed by atoms with Crippen LogP contribution in [0.4, 0.5) is 0 Å². The first kappa shape index (κ1) is 18.5. The number of halogens is 3. The summed E-state index contributed by atoms with van der Waals surface area (Å²) in [7, 11) is 0. The van der Waals surface area contributed by atoms with Gasteiger partial charge in [-0.3, -0.25) is 4.79 Å². The largest absolute Gasteiger partial charge is 0.492 e. The van der Waals surface area contributed by atoms with Crippen molar-refractivity contribution in [2.24, 2.45) is 0 Å². The Morgan fingerprint density at radius 1 is 1.17 bits per heavy atom. The van der Waals surface area contributed by atoms with Crippen molar-refractivity contribution in [3.63, 3.8) is 0 Å². The zero-order valence-corrected chi connectivity index (χ0v) is 15.5. The number of nitriles is 1. The number of rotatable bonds is 6. The van der Waals surface area contributed by atoms with Gasteiger partial charge in [0.15, 0.2) is 6.29 Å². The van der Waals surface area contributed by atoms with Gasteiger partial charge in [-0.15, -0.1) is 0 Å². The first-order chi connectivity index (χ1) is 11.6. The molecule has 0 aliphatic heterocycles. The number of carbonyl (C=O) groups excluding carboxylic acids is 1. The van der Waals surface area contributed by atoms with Gasteiger partial charge in [-0.05, 0) is 45.3 Å². The minimum Gasteiger partial charge on any atom is -0.492 e. The van der Waals surface area contributed by atoms with Crippen LogP contribution in [0.5, 0.6) is 5.75 Å². The molecule has 0 spiro atoms. The molecule has 0 aromatic heterocycles. The fraction of sp³-hybridized carbons (Fsp3) is 0.111. The van der Waals surface area contributed by atoms with Gasteiger partial charge in [0, 0.05) is 9.50 Å². The maximum absolute atomic E-state index is 11.1. The van der Waals surface area contributed by atoms with Crippen LogP contribution in [0.2, 0.25) is 10.0 Å². The van der Waals surface area contributed by atoms with E-state index in [4.69, 9.17) is 33.2 Å². The minimum atomic E-state index is 0.208. The van der Waals surface area contributed by atoms with Crippen LogP contribution in [0, 0.1) is 11.3 Å². The zero-order chi connectivity index (χ0) is 17.5. The predicted molar refractivity (Wildman–Crippen MR) is 101 cm³/mol. The van der Waals surface area contributed by atoms with Crippen LogP contribution in [0.3, 0.4) is 0 Å². The molecule has 2 aromatic carbocycles. The molecule has 0 unspecified atom stereocenters. The lowest BCUT2D eigenvalue weighted by Gasteiger charge is -2.09. The number of aldehydes is 1. The van der Waals surface area contributed by atoms with Crippen LogP contribution in [0.1, 0.15) is 27.9 Å². The van der Waals surface area contributed by atoms with Crippen LogP contribution in [0.15, 0.2) is 34.8 Å². The Kier molecular flexibility index (Phi) is 6.86. The van der Waals surface area contributed by atoms with Crippen LogP contribution in [-0.2, 0) is 0 Å². The summed E-state index contributed by atoms with van der Waals surface area (Å²) in [6.07, 6.45) is 4.53. The third kappa shape index (κ3) is 4.61. The number of hydrogen-bond donors (Lipinski definition) is 0. The van der Waals surface area contributed by atoms with Gasteiger partial charge >= 0.3 is 0 Å². The highest BCUT2D eigenvalue weighted by Gasteiger charge is 2.09. The monoisotopic (exact) mass is 423 g/mol. The van der Waals surface area contributed by atoms with E-state index in [9.17, 15) is 4.79 Å². The van der Waals surface area contributed by atoms with Crippen molar-refractivity contribution in [2.75, 3.05) is 6.61 Å². The van der Waals surface area contributed by atoms with Gasteiger partial charge in [0.25, 0.3) is 0 Å². The van der Waals surface area contributed by atoms with Gasteiger partial charge in [0.1, 0.15) is 12.4 Å². The molecule has 2 aromatic rings. The molecule has 3 nitrogen and oxygen atoms in total. The molecule has 0 aliphatic rings. The summed E-state index contributed by atoms with van der Waals surface area (Å²) in [6.45, 7) is 0.208. The summed E-state index contributed by atoms with van der Waals surface area (Å²) in [5, 5.41) is 9.60. The van der Waals surface area contributed by atoms with Crippen molar-refractivity contribution >= 4 is 57.6 Å². The molecule has 0 atom stereocenters. The van der Waals surface area contributed by atoms with E-state index in [1.165, 1.54) is 0 Å². The quantitative estimate of drug-likeness (QED) is 0.323. The van der Waals surface area contributed by atoms with Crippen molar-refractivity contribution in [2.45, 2.75) is 6.42 Å². The first-order valence-corrected chi connectivity index (χ1v) is 8.52. The lowest BCUT2D eigenvalue weighted by atomic mass is 10.1. The lowest BCUT2D eigenvalue weighted by Crippen LogP contribution is -1.99. The second-order valence-electron chi connectivity index (χ2n) is 4.76. The van der Waals surface area contributed by atoms with E-state index in [2.05, 4.69) is 15.9 Å². The molecule has 0 aliphatic carbocycles. The molecular formula is C18H12BrCl2NO2. The van der Waals surface area contributed by atoms with Gasteiger partial charge in [0.2, 0.25) is 0 Å². The third-order valence-corrected chi connectivity index (χ3v) is 4.79. The summed E-state index contributed by atoms with van der Waals surface area (Å²) in [6, 6.07) is 10.8. The van der Waals surface area contributed by atoms with Crippen molar-refractivity contribution in [1.29, 1.82) is 5.26 Å². The summed E-state index contributed by atoms with van der Waals surface area (Å²) in [5.74, 6) is 0.393. The minimum absolute atomic E-state index is 0.208. The van der Waals surface area contributed by atoms with Crippen molar-refractivity contribution in [3.05, 3.63) is 61.5 Å². The molecule has 2 rings (SSSR count). The average molecular weight is 425 g/mol. The van der Waals surface area contributed by atoms with Crippen molar-refractivity contribution < 1.29 is 9.53 Å². The van der Waals surface area contributed by atoms with Gasteiger partial charge in [0.05, 0.1) is 23.1 Å². The second-order valence-corrected chi connectivity index (χ2v) is 6.40. The van der Waals surface area contributed by atoms with E-state index in [-0.39, 0.29) is 13.0 Å². The molecule has 0 fully saturated rings. The maximum Gasteiger partial charge on any atom is 0.153 e. The van der Waals surface area contributed by atoms with Gasteiger partial charge in [-0.2, -0.15) is 5.26 Å². The normalized spacial score (nSPS) is 10.6. The summed E-state index contributed by atoms with van der Waals surface area (Å²) >= 11 is 15.8. The number of carbonyl (C=O) groups is 1. The number of benzene rings is 2. The van der Waals surface area contributed by atoms with E-state index in [1.807, 2.05) is 30.3 Å². The smallest absolute Gasteiger partial charge is 0.153 e. The summed E-state index contributed by atoms with van der Waals surface area (Å²) < 4.78 is 6.28. The molecule has 0 bridgehead atoms. The van der Waals surface area contributed by atoms with E-state index in [0.717, 1.165) is 10.0 Å². The van der Waals surface area contributed by atoms with Crippen LogP contribution in [-0.4, -0.2) is 12.9 Å².